The van der Waals surface area contributed by atoms with Crippen LogP contribution in [0.1, 0.15) is 5.56 Å². The summed E-state index contributed by atoms with van der Waals surface area (Å²) in [6, 6.07) is 6.21. The molecule has 0 amide bonds. The molecule has 0 atom stereocenters. The number of nitrogens with zero attached hydrogens (tertiary/aromatic N) is 4. The maximum Gasteiger partial charge on any atom is 0.269 e. The number of nitro benzene ring substituents is 1. The molecule has 2 heterocycles. The number of nitro groups is 1. The first-order chi connectivity index (χ1) is 10.1. The normalized spacial score (nSPS) is 10.9. The van der Waals surface area contributed by atoms with Gasteiger partial charge in [-0.1, -0.05) is 0 Å². The van der Waals surface area contributed by atoms with Crippen molar-refractivity contribution < 1.29 is 4.92 Å². The molecule has 0 aliphatic heterocycles. The molecule has 0 unspecified atom stereocenters. The molecule has 8 heteroatoms. The third-order valence-electron chi connectivity index (χ3n) is 3.19. The Balaban J connectivity index is 2.25. The molecular formula is C13H10ClN5O2. The number of nitrogen functional groups attached to an aromatic ring is 1. The first-order valence-corrected chi connectivity index (χ1v) is 6.56. The van der Waals surface area contributed by atoms with Gasteiger partial charge in [0.05, 0.1) is 4.92 Å². The zero-order valence-electron chi connectivity index (χ0n) is 10.7. The van der Waals surface area contributed by atoms with Crippen molar-refractivity contribution in [2.45, 2.75) is 5.88 Å². The first kappa shape index (κ1) is 13.3. The summed E-state index contributed by atoms with van der Waals surface area (Å²) in [5.41, 5.74) is 8.98. The number of anilines is 1. The molecule has 1 aromatic carbocycles. The van der Waals surface area contributed by atoms with E-state index in [-0.39, 0.29) is 11.6 Å². The second-order valence-electron chi connectivity index (χ2n) is 4.41. The smallest absolute Gasteiger partial charge is 0.269 e. The number of benzene rings is 1. The molecule has 21 heavy (non-hydrogen) atoms. The van der Waals surface area contributed by atoms with Crippen LogP contribution in [-0.2, 0) is 5.88 Å². The Morgan fingerprint density at radius 3 is 2.67 bits per heavy atom. The lowest BCUT2D eigenvalue weighted by Gasteiger charge is -2.04. The highest BCUT2D eigenvalue weighted by molar-refractivity contribution is 6.18. The van der Waals surface area contributed by atoms with Crippen molar-refractivity contribution in [1.82, 2.24) is 14.6 Å². The molecule has 0 saturated carbocycles. The summed E-state index contributed by atoms with van der Waals surface area (Å²) in [5.74, 6) is 0.601. The number of non-ortho nitro benzene ring substituents is 1. The van der Waals surface area contributed by atoms with Crippen molar-refractivity contribution in [3.63, 3.8) is 0 Å². The molecule has 0 saturated heterocycles. The third-order valence-corrected chi connectivity index (χ3v) is 3.48. The fraction of sp³-hybridized carbons (Fsp3) is 0.0769. The minimum atomic E-state index is -0.443. The zero-order valence-corrected chi connectivity index (χ0v) is 11.5. The fourth-order valence-electron chi connectivity index (χ4n) is 2.26. The minimum Gasteiger partial charge on any atom is -0.382 e. The zero-order chi connectivity index (χ0) is 15.0. The van der Waals surface area contributed by atoms with Gasteiger partial charge >= 0.3 is 0 Å². The average molecular weight is 304 g/mol. The van der Waals surface area contributed by atoms with Crippen LogP contribution in [0.3, 0.4) is 0 Å². The number of alkyl halides is 1. The van der Waals surface area contributed by atoms with Gasteiger partial charge in [-0.3, -0.25) is 10.1 Å². The lowest BCUT2D eigenvalue weighted by Crippen LogP contribution is -1.98. The SMILES string of the molecule is Nc1ncnn2cc(CCl)c(-c3ccc([N+](=O)[O-])cc3)c12. The lowest BCUT2D eigenvalue weighted by molar-refractivity contribution is -0.384. The highest BCUT2D eigenvalue weighted by Crippen LogP contribution is 2.33. The van der Waals surface area contributed by atoms with E-state index in [2.05, 4.69) is 10.1 Å². The van der Waals surface area contributed by atoms with E-state index in [0.29, 0.717) is 11.3 Å². The largest absolute Gasteiger partial charge is 0.382 e. The Morgan fingerprint density at radius 2 is 2.05 bits per heavy atom. The van der Waals surface area contributed by atoms with Gasteiger partial charge in [0.15, 0.2) is 5.82 Å². The van der Waals surface area contributed by atoms with E-state index in [0.717, 1.165) is 16.7 Å². The quantitative estimate of drug-likeness (QED) is 0.455. The predicted molar refractivity (Wildman–Crippen MR) is 79.0 cm³/mol. The molecule has 2 aromatic heterocycles. The molecule has 3 aromatic rings. The molecule has 0 radical (unpaired) electrons. The van der Waals surface area contributed by atoms with E-state index in [4.69, 9.17) is 17.3 Å². The van der Waals surface area contributed by atoms with Crippen LogP contribution in [0.15, 0.2) is 36.8 Å². The number of hydrogen-bond donors (Lipinski definition) is 1. The Bertz CT molecular complexity index is 828. The summed E-state index contributed by atoms with van der Waals surface area (Å²) in [5, 5.41) is 14.8. The van der Waals surface area contributed by atoms with E-state index in [1.807, 2.05) is 0 Å². The van der Waals surface area contributed by atoms with Crippen molar-refractivity contribution in [2.75, 3.05) is 5.73 Å². The van der Waals surface area contributed by atoms with Crippen LogP contribution >= 0.6 is 11.6 Å². The lowest BCUT2D eigenvalue weighted by atomic mass is 10.0. The summed E-state index contributed by atoms with van der Waals surface area (Å²) in [6.07, 6.45) is 3.14. The molecule has 106 valence electrons. The number of aromatic nitrogens is 3. The van der Waals surface area contributed by atoms with Crippen molar-refractivity contribution in [2.24, 2.45) is 0 Å². The number of rotatable bonds is 3. The van der Waals surface area contributed by atoms with Crippen molar-refractivity contribution in [3.05, 3.63) is 52.5 Å². The van der Waals surface area contributed by atoms with Gasteiger partial charge in [0, 0.05) is 29.8 Å². The van der Waals surface area contributed by atoms with Crippen LogP contribution in [0.4, 0.5) is 11.5 Å². The van der Waals surface area contributed by atoms with Crippen LogP contribution in [0.2, 0.25) is 0 Å². The average Bonchev–Trinajstić information content (AvgIpc) is 2.87. The molecule has 7 nitrogen and oxygen atoms in total. The van der Waals surface area contributed by atoms with Crippen LogP contribution in [-0.4, -0.2) is 19.5 Å². The highest BCUT2D eigenvalue weighted by Gasteiger charge is 2.16. The Hall–Kier alpha value is -2.67. The first-order valence-electron chi connectivity index (χ1n) is 6.03. The summed E-state index contributed by atoms with van der Waals surface area (Å²) in [7, 11) is 0. The van der Waals surface area contributed by atoms with Crippen LogP contribution in [0.25, 0.3) is 16.6 Å². The van der Waals surface area contributed by atoms with Gasteiger partial charge in [-0.25, -0.2) is 9.50 Å². The highest BCUT2D eigenvalue weighted by atomic mass is 35.5. The molecule has 0 aliphatic rings. The number of halogens is 1. The van der Waals surface area contributed by atoms with Crippen LogP contribution in [0, 0.1) is 10.1 Å². The molecule has 0 bridgehead atoms. The standard InChI is InChI=1S/C13H10ClN5O2/c14-5-9-6-18-12(13(15)16-7-17-18)11(9)8-1-3-10(4-2-8)19(20)21/h1-4,6-7H,5H2,(H2,15,16,17). The maximum absolute atomic E-state index is 10.7. The van der Waals surface area contributed by atoms with Gasteiger partial charge in [-0.05, 0) is 23.3 Å². The van der Waals surface area contributed by atoms with E-state index in [1.165, 1.54) is 18.5 Å². The summed E-state index contributed by atoms with van der Waals surface area (Å²) >= 11 is 5.98. The molecule has 0 spiro atoms. The minimum absolute atomic E-state index is 0.0268. The summed E-state index contributed by atoms with van der Waals surface area (Å²) in [4.78, 5) is 14.3. The summed E-state index contributed by atoms with van der Waals surface area (Å²) < 4.78 is 1.61. The van der Waals surface area contributed by atoms with E-state index >= 15 is 0 Å². The van der Waals surface area contributed by atoms with Gasteiger partial charge in [0.2, 0.25) is 0 Å². The monoisotopic (exact) mass is 303 g/mol. The molecule has 0 fully saturated rings. The van der Waals surface area contributed by atoms with E-state index in [1.54, 1.807) is 22.8 Å². The van der Waals surface area contributed by atoms with E-state index < -0.39 is 4.92 Å². The van der Waals surface area contributed by atoms with Gasteiger partial charge < -0.3 is 5.73 Å². The van der Waals surface area contributed by atoms with Crippen molar-refractivity contribution in [1.29, 1.82) is 0 Å². The maximum atomic E-state index is 10.7. The van der Waals surface area contributed by atoms with Crippen molar-refractivity contribution >= 4 is 28.6 Å². The van der Waals surface area contributed by atoms with Crippen LogP contribution in [0.5, 0.6) is 0 Å². The topological polar surface area (TPSA) is 99.3 Å². The molecule has 3 rings (SSSR count). The van der Waals surface area contributed by atoms with Gasteiger partial charge in [-0.15, -0.1) is 11.6 Å². The number of hydrogen-bond acceptors (Lipinski definition) is 5. The van der Waals surface area contributed by atoms with Crippen molar-refractivity contribution in [3.8, 4) is 11.1 Å². The molecule has 2 N–H and O–H groups in total. The number of fused-ring (bicyclic) bond motifs is 1. The summed E-state index contributed by atoms with van der Waals surface area (Å²) in [6.45, 7) is 0. The predicted octanol–water partition coefficient (Wildman–Crippen LogP) is 2.63. The Labute approximate surface area is 124 Å². The second-order valence-corrected chi connectivity index (χ2v) is 4.67. The molecule has 0 aliphatic carbocycles. The van der Waals surface area contributed by atoms with Gasteiger partial charge in [-0.2, -0.15) is 5.10 Å². The Morgan fingerprint density at radius 1 is 1.33 bits per heavy atom. The number of nitrogens with two attached hydrogens (primary N) is 1. The third kappa shape index (κ3) is 2.17. The molecular weight excluding hydrogens is 294 g/mol. The second kappa shape index (κ2) is 5.02. The fourth-order valence-corrected chi connectivity index (χ4v) is 2.46. The van der Waals surface area contributed by atoms with E-state index in [9.17, 15) is 10.1 Å². The van der Waals surface area contributed by atoms with Gasteiger partial charge in [0.25, 0.3) is 5.69 Å². The van der Waals surface area contributed by atoms with Gasteiger partial charge in [0.1, 0.15) is 11.8 Å². The Kier molecular flexibility index (Phi) is 3.19. The van der Waals surface area contributed by atoms with Crippen LogP contribution < -0.4 is 5.73 Å².